The van der Waals surface area contributed by atoms with Gasteiger partial charge in [-0.3, -0.25) is 8.97 Å². The topological polar surface area (TPSA) is 53.4 Å². The quantitative estimate of drug-likeness (QED) is 0.136. The van der Waals surface area contributed by atoms with Gasteiger partial charge in [0.15, 0.2) is 0 Å². The Morgan fingerprint density at radius 2 is 1.52 bits per heavy atom. The third-order valence-corrected chi connectivity index (χ3v) is 7.69. The number of nitrogens with zero attached hydrogens (tertiary/aromatic N) is 5. The molecule has 0 unspecified atom stereocenters. The zero-order valence-corrected chi connectivity index (χ0v) is 25.3. The molecule has 8 heteroatoms. The molecule has 7 nitrogen and oxygen atoms in total. The summed E-state index contributed by atoms with van der Waals surface area (Å²) in [5, 5.41) is 2.16. The van der Waals surface area contributed by atoms with Crippen LogP contribution < -0.4 is 9.30 Å². The van der Waals surface area contributed by atoms with Crippen LogP contribution in [0.15, 0.2) is 132 Å². The van der Waals surface area contributed by atoms with E-state index in [0.29, 0.717) is 17.2 Å². The third kappa shape index (κ3) is 4.08. The molecule has 0 bridgehead atoms. The van der Waals surface area contributed by atoms with Crippen molar-refractivity contribution in [1.29, 1.82) is 0 Å². The Kier molecular flexibility index (Phi) is 6.21. The van der Waals surface area contributed by atoms with Crippen LogP contribution in [-0.2, 0) is 21.1 Å². The molecule has 4 aromatic heterocycles. The minimum absolute atomic E-state index is 0. The number of benzene rings is 5. The average molecular weight is 751 g/mol. The molecule has 0 aliphatic heterocycles. The smallest absolute Gasteiger partial charge is 0.268 e. The number of imidazole rings is 2. The van der Waals surface area contributed by atoms with Crippen LogP contribution >= 0.6 is 0 Å². The number of rotatable bonds is 5. The van der Waals surface area contributed by atoms with Crippen molar-refractivity contribution in [2.45, 2.75) is 0 Å². The summed E-state index contributed by atoms with van der Waals surface area (Å²) >= 11 is 0. The monoisotopic (exact) mass is 750 g/mol. The van der Waals surface area contributed by atoms with E-state index >= 15 is 0 Å². The van der Waals surface area contributed by atoms with E-state index in [0.717, 1.165) is 50.2 Å². The van der Waals surface area contributed by atoms with Crippen LogP contribution in [0.4, 0.5) is 0 Å². The molecule has 0 aliphatic carbocycles. The molecule has 9 rings (SSSR count). The van der Waals surface area contributed by atoms with Gasteiger partial charge in [0.1, 0.15) is 6.26 Å². The van der Waals surface area contributed by atoms with E-state index in [1.54, 1.807) is 12.5 Å². The predicted molar refractivity (Wildman–Crippen MR) is 163 cm³/mol. The van der Waals surface area contributed by atoms with E-state index in [1.165, 1.54) is 0 Å². The van der Waals surface area contributed by atoms with Gasteiger partial charge in [0.2, 0.25) is 11.7 Å². The Hall–Kier alpha value is -5.39. The molecular formula is C36H21N5O2Pt-2. The summed E-state index contributed by atoms with van der Waals surface area (Å²) in [7, 11) is 0. The first kappa shape index (κ1) is 26.3. The number of oxazole rings is 1. The maximum atomic E-state index is 6.39. The van der Waals surface area contributed by atoms with Crippen molar-refractivity contribution in [2.75, 3.05) is 0 Å². The third-order valence-electron chi connectivity index (χ3n) is 7.69. The fraction of sp³-hybridized carbons (Fsp3) is 0. The molecule has 0 N–H and O–H groups in total. The maximum absolute atomic E-state index is 6.39. The first-order valence-corrected chi connectivity index (χ1v) is 13.9. The summed E-state index contributed by atoms with van der Waals surface area (Å²) in [6.45, 7) is 0. The van der Waals surface area contributed by atoms with Gasteiger partial charge in [-0.1, -0.05) is 66.2 Å². The standard InChI is InChI=1S/C36H21N5O2.Pt/c1-2-9-25(10-3-1)39-24-40(33-16-7-6-15-32(33)39)26-11-8-12-27(21-26)43-28-17-18-30-29-13-4-5-14-31(29)41(34(30)22-28)36-37-23-35-38(36)19-20-42-35;/h1-20,23H;/q-2;. The second kappa shape index (κ2) is 10.4. The van der Waals surface area contributed by atoms with Crippen LogP contribution in [0.25, 0.3) is 55.9 Å². The Morgan fingerprint density at radius 3 is 2.43 bits per heavy atom. The molecule has 0 radical (unpaired) electrons. The van der Waals surface area contributed by atoms with Gasteiger partial charge in [-0.25, -0.2) is 4.98 Å². The number of fused-ring (bicyclic) bond motifs is 5. The van der Waals surface area contributed by atoms with Crippen molar-refractivity contribution < 1.29 is 34.8 Å². The number of para-hydroxylation sites is 4. The van der Waals surface area contributed by atoms with Crippen LogP contribution in [0.1, 0.15) is 0 Å². The van der Waals surface area contributed by atoms with Crippen molar-refractivity contribution in [1.82, 2.24) is 18.5 Å². The number of hydrogen-bond donors (Lipinski definition) is 0. The van der Waals surface area contributed by atoms with Crippen LogP contribution in [0.5, 0.6) is 11.5 Å². The van der Waals surface area contributed by atoms with Gasteiger partial charge in [0.05, 0.1) is 29.1 Å². The summed E-state index contributed by atoms with van der Waals surface area (Å²) < 4.78 is 20.0. The minimum atomic E-state index is 0. The largest absolute Gasteiger partial charge is 0.510 e. The van der Waals surface area contributed by atoms with Gasteiger partial charge in [-0.15, -0.1) is 29.7 Å². The molecule has 0 saturated heterocycles. The van der Waals surface area contributed by atoms with E-state index in [-0.39, 0.29) is 21.1 Å². The van der Waals surface area contributed by atoms with E-state index in [4.69, 9.17) is 9.15 Å². The van der Waals surface area contributed by atoms with Crippen LogP contribution in [-0.4, -0.2) is 18.5 Å². The molecule has 0 amide bonds. The molecule has 0 spiro atoms. The zero-order valence-electron chi connectivity index (χ0n) is 23.0. The van der Waals surface area contributed by atoms with Crippen LogP contribution in [0.2, 0.25) is 0 Å². The minimum Gasteiger partial charge on any atom is -0.510 e. The zero-order chi connectivity index (χ0) is 28.3. The molecule has 214 valence electrons. The summed E-state index contributed by atoms with van der Waals surface area (Å²) in [5.41, 5.74) is 6.47. The molecule has 0 aliphatic rings. The van der Waals surface area contributed by atoms with Crippen LogP contribution in [0, 0.1) is 18.5 Å². The van der Waals surface area contributed by atoms with Gasteiger partial charge in [0, 0.05) is 38.1 Å². The molecule has 9 aromatic rings. The van der Waals surface area contributed by atoms with Gasteiger partial charge < -0.3 is 18.3 Å². The molecule has 44 heavy (non-hydrogen) atoms. The Balaban J connectivity index is 0.00000289. The Bertz CT molecular complexity index is 2450. The molecule has 0 atom stereocenters. The summed E-state index contributed by atoms with van der Waals surface area (Å²) in [5.74, 6) is 1.87. The van der Waals surface area contributed by atoms with Gasteiger partial charge >= 0.3 is 0 Å². The van der Waals surface area contributed by atoms with E-state index in [1.807, 2.05) is 81.9 Å². The number of aromatic nitrogens is 5. The summed E-state index contributed by atoms with van der Waals surface area (Å²) in [4.78, 5) is 4.66. The predicted octanol–water partition coefficient (Wildman–Crippen LogP) is 7.44. The SMILES string of the molecule is [Pt].[c-]1c(Oc2[c-]c3c(cc2)c2ccccc2n3-c2ncc3occn23)cccc1-n1[c-][n+](-c2ccccc2)c2ccccc21. The molecule has 0 fully saturated rings. The van der Waals surface area contributed by atoms with Crippen molar-refractivity contribution in [3.05, 3.63) is 146 Å². The van der Waals surface area contributed by atoms with E-state index in [2.05, 4.69) is 75.0 Å². The second-order valence-electron chi connectivity index (χ2n) is 10.2. The second-order valence-corrected chi connectivity index (χ2v) is 10.2. The molecule has 5 aromatic carbocycles. The molecular weight excluding hydrogens is 730 g/mol. The normalized spacial score (nSPS) is 11.5. The Morgan fingerprint density at radius 1 is 0.727 bits per heavy atom. The molecule has 0 saturated carbocycles. The van der Waals surface area contributed by atoms with Crippen LogP contribution in [0.3, 0.4) is 0 Å². The number of hydrogen-bond acceptors (Lipinski definition) is 3. The first-order valence-electron chi connectivity index (χ1n) is 13.9. The van der Waals surface area contributed by atoms with Crippen molar-refractivity contribution >= 4 is 38.6 Å². The van der Waals surface area contributed by atoms with Crippen molar-refractivity contribution in [2.24, 2.45) is 0 Å². The summed E-state index contributed by atoms with van der Waals surface area (Å²) in [6, 6.07) is 43.6. The van der Waals surface area contributed by atoms with Gasteiger partial charge in [0.25, 0.3) is 6.33 Å². The van der Waals surface area contributed by atoms with Crippen molar-refractivity contribution in [3.63, 3.8) is 0 Å². The maximum Gasteiger partial charge on any atom is 0.268 e. The van der Waals surface area contributed by atoms with Crippen molar-refractivity contribution in [3.8, 4) is 28.8 Å². The van der Waals surface area contributed by atoms with E-state index < -0.39 is 0 Å². The average Bonchev–Trinajstić information content (AvgIpc) is 3.83. The Labute approximate surface area is 266 Å². The van der Waals surface area contributed by atoms with Gasteiger partial charge in [-0.2, -0.15) is 18.2 Å². The fourth-order valence-electron chi connectivity index (χ4n) is 5.78. The van der Waals surface area contributed by atoms with Gasteiger partial charge in [-0.05, 0) is 29.3 Å². The summed E-state index contributed by atoms with van der Waals surface area (Å²) in [6.07, 6.45) is 8.75. The van der Waals surface area contributed by atoms with E-state index in [9.17, 15) is 0 Å². The fourth-order valence-corrected chi connectivity index (χ4v) is 5.78. The first-order chi connectivity index (χ1) is 21.3. The number of ether oxygens (including phenoxy) is 1. The molecule has 4 heterocycles.